The fraction of sp³-hybridized carbons (Fsp3) is 0.333. The van der Waals surface area contributed by atoms with Gasteiger partial charge < -0.3 is 19.9 Å². The maximum Gasteiger partial charge on any atom is 0.337 e. The van der Waals surface area contributed by atoms with Gasteiger partial charge in [-0.15, -0.1) is 0 Å². The van der Waals surface area contributed by atoms with E-state index in [1.165, 1.54) is 0 Å². The number of ketones is 1. The Labute approximate surface area is 193 Å². The van der Waals surface area contributed by atoms with E-state index in [1.807, 2.05) is 31.2 Å². The van der Waals surface area contributed by atoms with E-state index in [4.69, 9.17) is 9.47 Å². The van der Waals surface area contributed by atoms with Gasteiger partial charge in [0.25, 0.3) is 0 Å². The van der Waals surface area contributed by atoms with Crippen LogP contribution in [-0.2, 0) is 14.3 Å². The number of ether oxygens (including phenoxy) is 2. The summed E-state index contributed by atoms with van der Waals surface area (Å²) in [7, 11) is 1.63. The predicted molar refractivity (Wildman–Crippen MR) is 125 cm³/mol. The normalized spacial score (nSPS) is 20.5. The standard InChI is InChI=1S/C27H29NO5/c1-15(2)33-27(31)24-16(3)28-21-13-18(20-7-5-6-8-23(20)32-4)14-22(30)26(21)25(24)17-9-11-19(29)12-10-17/h5-12,15,18,25,28-29H,13-14H2,1-4H3. The first-order chi connectivity index (χ1) is 15.8. The van der Waals surface area contributed by atoms with Crippen LogP contribution in [0.4, 0.5) is 0 Å². The number of esters is 1. The molecule has 0 saturated carbocycles. The zero-order valence-corrected chi connectivity index (χ0v) is 19.3. The molecule has 0 saturated heterocycles. The Bertz CT molecular complexity index is 1140. The third kappa shape index (κ3) is 4.38. The van der Waals surface area contributed by atoms with Crippen LogP contribution < -0.4 is 10.1 Å². The number of aromatic hydroxyl groups is 1. The Morgan fingerprint density at radius 1 is 1.09 bits per heavy atom. The monoisotopic (exact) mass is 447 g/mol. The predicted octanol–water partition coefficient (Wildman–Crippen LogP) is 4.71. The van der Waals surface area contributed by atoms with Crippen LogP contribution in [0, 0.1) is 0 Å². The number of phenols is 1. The molecule has 0 amide bonds. The first kappa shape index (κ1) is 22.6. The summed E-state index contributed by atoms with van der Waals surface area (Å²) in [5.74, 6) is -0.158. The first-order valence-electron chi connectivity index (χ1n) is 11.2. The summed E-state index contributed by atoms with van der Waals surface area (Å²) in [4.78, 5) is 26.7. The molecule has 2 aromatic rings. The number of allylic oxidation sites excluding steroid dienone is 3. The second-order valence-corrected chi connectivity index (χ2v) is 8.80. The number of carbonyl (C=O) groups excluding carboxylic acids is 2. The van der Waals surface area contributed by atoms with Crippen LogP contribution in [0.5, 0.6) is 11.5 Å². The highest BCUT2D eigenvalue weighted by Gasteiger charge is 2.42. The molecule has 33 heavy (non-hydrogen) atoms. The summed E-state index contributed by atoms with van der Waals surface area (Å²) >= 11 is 0. The van der Waals surface area contributed by atoms with Crippen LogP contribution in [0.25, 0.3) is 0 Å². The van der Waals surface area contributed by atoms with Crippen molar-refractivity contribution in [3.63, 3.8) is 0 Å². The fourth-order valence-electron chi connectivity index (χ4n) is 4.81. The number of phenolic OH excluding ortho intramolecular Hbond substituents is 1. The summed E-state index contributed by atoms with van der Waals surface area (Å²) in [5.41, 5.74) is 4.27. The maximum absolute atomic E-state index is 13.6. The number of Topliss-reactive ketones (excluding diaryl/α,β-unsaturated/α-hetero) is 1. The Hall–Kier alpha value is -3.54. The molecule has 2 N–H and O–H groups in total. The summed E-state index contributed by atoms with van der Waals surface area (Å²) in [6, 6.07) is 14.4. The van der Waals surface area contributed by atoms with Crippen LogP contribution in [0.2, 0.25) is 0 Å². The van der Waals surface area contributed by atoms with Crippen molar-refractivity contribution in [3.8, 4) is 11.5 Å². The van der Waals surface area contributed by atoms with E-state index in [2.05, 4.69) is 5.32 Å². The lowest BCUT2D eigenvalue weighted by molar-refractivity contribution is -0.143. The van der Waals surface area contributed by atoms with E-state index in [0.29, 0.717) is 29.7 Å². The molecule has 0 radical (unpaired) electrons. The van der Waals surface area contributed by atoms with Gasteiger partial charge in [0.1, 0.15) is 11.5 Å². The number of dihydropyridines is 1. The van der Waals surface area contributed by atoms with E-state index in [1.54, 1.807) is 45.2 Å². The fourth-order valence-corrected chi connectivity index (χ4v) is 4.81. The average Bonchev–Trinajstić information content (AvgIpc) is 2.78. The van der Waals surface area contributed by atoms with Crippen molar-refractivity contribution < 1.29 is 24.2 Å². The molecule has 1 aliphatic carbocycles. The Morgan fingerprint density at radius 3 is 2.45 bits per heavy atom. The molecule has 2 aliphatic rings. The van der Waals surface area contributed by atoms with Crippen molar-refractivity contribution in [2.75, 3.05) is 7.11 Å². The highest BCUT2D eigenvalue weighted by Crippen LogP contribution is 2.47. The van der Waals surface area contributed by atoms with Gasteiger partial charge in [0.2, 0.25) is 0 Å². The highest BCUT2D eigenvalue weighted by atomic mass is 16.5. The van der Waals surface area contributed by atoms with Gasteiger partial charge in [0, 0.05) is 35.2 Å². The number of benzene rings is 2. The van der Waals surface area contributed by atoms with Gasteiger partial charge in [-0.2, -0.15) is 0 Å². The number of rotatable bonds is 5. The second kappa shape index (κ2) is 9.14. The molecular formula is C27H29NO5. The minimum atomic E-state index is -0.556. The molecule has 6 nitrogen and oxygen atoms in total. The van der Waals surface area contributed by atoms with Crippen LogP contribution in [0.1, 0.15) is 56.6 Å². The Kier molecular flexibility index (Phi) is 6.27. The molecule has 2 atom stereocenters. The quantitative estimate of drug-likeness (QED) is 0.646. The van der Waals surface area contributed by atoms with Crippen molar-refractivity contribution >= 4 is 11.8 Å². The van der Waals surface area contributed by atoms with Crippen molar-refractivity contribution in [1.29, 1.82) is 0 Å². The van der Waals surface area contributed by atoms with Gasteiger partial charge in [0.15, 0.2) is 5.78 Å². The lowest BCUT2D eigenvalue weighted by Crippen LogP contribution is -2.36. The lowest BCUT2D eigenvalue weighted by atomic mass is 9.71. The van der Waals surface area contributed by atoms with Gasteiger partial charge in [-0.25, -0.2) is 4.79 Å². The third-order valence-corrected chi connectivity index (χ3v) is 6.20. The van der Waals surface area contributed by atoms with Crippen molar-refractivity contribution in [3.05, 3.63) is 82.2 Å². The Morgan fingerprint density at radius 2 is 1.79 bits per heavy atom. The van der Waals surface area contributed by atoms with Crippen molar-refractivity contribution in [1.82, 2.24) is 5.32 Å². The van der Waals surface area contributed by atoms with E-state index < -0.39 is 11.9 Å². The van der Waals surface area contributed by atoms with E-state index >= 15 is 0 Å². The average molecular weight is 448 g/mol. The number of methoxy groups -OCH3 is 1. The van der Waals surface area contributed by atoms with E-state index in [-0.39, 0.29) is 23.6 Å². The topological polar surface area (TPSA) is 84.9 Å². The van der Waals surface area contributed by atoms with Crippen LogP contribution in [0.3, 0.4) is 0 Å². The summed E-state index contributed by atoms with van der Waals surface area (Å²) < 4.78 is 11.1. The number of hydrogen-bond donors (Lipinski definition) is 2. The molecule has 0 fully saturated rings. The second-order valence-electron chi connectivity index (χ2n) is 8.80. The highest BCUT2D eigenvalue weighted by molar-refractivity contribution is 6.04. The zero-order chi connectivity index (χ0) is 23.7. The first-order valence-corrected chi connectivity index (χ1v) is 11.2. The molecule has 0 aromatic heterocycles. The van der Waals surface area contributed by atoms with E-state index in [9.17, 15) is 14.7 Å². The Balaban J connectivity index is 1.80. The lowest BCUT2D eigenvalue weighted by Gasteiger charge is -2.37. The molecule has 1 aliphatic heterocycles. The molecule has 2 aromatic carbocycles. The minimum absolute atomic E-state index is 0.0138. The van der Waals surface area contributed by atoms with Gasteiger partial charge in [0.05, 0.1) is 18.8 Å². The molecular weight excluding hydrogens is 418 g/mol. The number of para-hydroxylation sites is 1. The molecule has 0 bridgehead atoms. The summed E-state index contributed by atoms with van der Waals surface area (Å²) in [5, 5.41) is 13.1. The number of hydrogen-bond acceptors (Lipinski definition) is 6. The molecule has 1 heterocycles. The SMILES string of the molecule is COc1ccccc1C1CC(=O)C2=C(C1)NC(C)=C(C(=O)OC(C)C)C2c1ccc(O)cc1. The van der Waals surface area contributed by atoms with Gasteiger partial charge >= 0.3 is 5.97 Å². The molecule has 0 spiro atoms. The van der Waals surface area contributed by atoms with Crippen molar-refractivity contribution in [2.24, 2.45) is 0 Å². The van der Waals surface area contributed by atoms with Gasteiger partial charge in [-0.3, -0.25) is 4.79 Å². The molecule has 4 rings (SSSR count). The molecule has 172 valence electrons. The van der Waals surface area contributed by atoms with Crippen LogP contribution in [0.15, 0.2) is 71.1 Å². The number of carbonyl (C=O) groups is 2. The summed E-state index contributed by atoms with van der Waals surface area (Å²) in [6.45, 7) is 5.44. The number of nitrogens with one attached hydrogen (secondary N) is 1. The van der Waals surface area contributed by atoms with E-state index in [0.717, 1.165) is 22.6 Å². The molecule has 2 unspecified atom stereocenters. The maximum atomic E-state index is 13.6. The van der Waals surface area contributed by atoms with Crippen LogP contribution in [-0.4, -0.2) is 30.1 Å². The minimum Gasteiger partial charge on any atom is -0.508 e. The van der Waals surface area contributed by atoms with Crippen LogP contribution >= 0.6 is 0 Å². The van der Waals surface area contributed by atoms with Gasteiger partial charge in [-0.05, 0) is 56.5 Å². The van der Waals surface area contributed by atoms with Crippen molar-refractivity contribution in [2.45, 2.75) is 51.6 Å². The third-order valence-electron chi connectivity index (χ3n) is 6.20. The smallest absolute Gasteiger partial charge is 0.337 e. The van der Waals surface area contributed by atoms with Gasteiger partial charge in [-0.1, -0.05) is 30.3 Å². The zero-order valence-electron chi connectivity index (χ0n) is 19.3. The molecule has 6 heteroatoms. The summed E-state index contributed by atoms with van der Waals surface area (Å²) in [6.07, 6.45) is 0.659. The largest absolute Gasteiger partial charge is 0.508 e.